The maximum atomic E-state index is 12.8. The predicted molar refractivity (Wildman–Crippen MR) is 103 cm³/mol. The molecule has 0 saturated carbocycles. The van der Waals surface area contributed by atoms with Crippen LogP contribution in [0.2, 0.25) is 0 Å². The summed E-state index contributed by atoms with van der Waals surface area (Å²) in [4.78, 5) is 12.8. The van der Waals surface area contributed by atoms with E-state index in [9.17, 15) is 4.79 Å². The first-order valence-corrected chi connectivity index (χ1v) is 8.36. The van der Waals surface area contributed by atoms with Crippen LogP contribution in [-0.4, -0.2) is 20.0 Å². The molecule has 0 aliphatic heterocycles. The van der Waals surface area contributed by atoms with E-state index in [1.54, 1.807) is 14.2 Å². The Labute approximate surface area is 153 Å². The average molecular weight is 347 g/mol. The number of hydrogen-bond acceptors (Lipinski definition) is 4. The van der Waals surface area contributed by atoms with Crippen molar-refractivity contribution in [3.05, 3.63) is 89.5 Å². The van der Waals surface area contributed by atoms with Crippen LogP contribution in [-0.2, 0) is 6.54 Å². The number of ether oxygens (including phenoxy) is 2. The molecule has 0 aliphatic carbocycles. The summed E-state index contributed by atoms with van der Waals surface area (Å²) < 4.78 is 10.7. The highest BCUT2D eigenvalue weighted by Gasteiger charge is 2.13. The van der Waals surface area contributed by atoms with E-state index >= 15 is 0 Å². The number of nitrogens with one attached hydrogen (secondary N) is 1. The largest absolute Gasteiger partial charge is 0.497 e. The summed E-state index contributed by atoms with van der Waals surface area (Å²) in [7, 11) is 3.25. The molecule has 0 radical (unpaired) electrons. The van der Waals surface area contributed by atoms with Gasteiger partial charge in [-0.1, -0.05) is 42.5 Å². The van der Waals surface area contributed by atoms with Crippen LogP contribution in [0.5, 0.6) is 11.5 Å². The van der Waals surface area contributed by atoms with E-state index in [-0.39, 0.29) is 5.78 Å². The van der Waals surface area contributed by atoms with Crippen molar-refractivity contribution < 1.29 is 14.3 Å². The Morgan fingerprint density at radius 2 is 1.62 bits per heavy atom. The fraction of sp³-hybridized carbons (Fsp3) is 0.136. The molecule has 3 aromatic rings. The standard InChI is InChI=1S/C22H21NO3/c1-25-18-13-12-17(21(14-18)26-2)15-23-20-11-7-6-10-19(20)22(24)16-8-4-3-5-9-16/h3-14,23H,15H2,1-2H3. The number of carbonyl (C=O) groups excluding carboxylic acids is 1. The normalized spacial score (nSPS) is 10.2. The highest BCUT2D eigenvalue weighted by Crippen LogP contribution is 2.26. The monoisotopic (exact) mass is 347 g/mol. The molecule has 0 fully saturated rings. The zero-order valence-electron chi connectivity index (χ0n) is 14.9. The van der Waals surface area contributed by atoms with E-state index in [4.69, 9.17) is 9.47 Å². The first-order chi connectivity index (χ1) is 12.7. The molecule has 3 aromatic carbocycles. The van der Waals surface area contributed by atoms with Gasteiger partial charge in [-0.05, 0) is 24.3 Å². The first kappa shape index (κ1) is 17.5. The summed E-state index contributed by atoms with van der Waals surface area (Å²) >= 11 is 0. The molecule has 0 saturated heterocycles. The van der Waals surface area contributed by atoms with Crippen molar-refractivity contribution in [3.8, 4) is 11.5 Å². The van der Waals surface area contributed by atoms with Crippen LogP contribution >= 0.6 is 0 Å². The Kier molecular flexibility index (Phi) is 5.54. The lowest BCUT2D eigenvalue weighted by atomic mass is 10.0. The molecule has 0 heterocycles. The molecular weight excluding hydrogens is 326 g/mol. The number of methoxy groups -OCH3 is 2. The molecule has 0 atom stereocenters. The summed E-state index contributed by atoms with van der Waals surface area (Å²) in [6.45, 7) is 0.534. The van der Waals surface area contributed by atoms with Gasteiger partial charge in [0.15, 0.2) is 5.78 Å². The number of ketones is 1. The second kappa shape index (κ2) is 8.21. The topological polar surface area (TPSA) is 47.6 Å². The average Bonchev–Trinajstić information content (AvgIpc) is 2.72. The Hall–Kier alpha value is -3.27. The van der Waals surface area contributed by atoms with Gasteiger partial charge in [0.2, 0.25) is 0 Å². The summed E-state index contributed by atoms with van der Waals surface area (Å²) in [5, 5.41) is 3.35. The lowest BCUT2D eigenvalue weighted by Gasteiger charge is -2.14. The van der Waals surface area contributed by atoms with Crippen LogP contribution in [0.4, 0.5) is 5.69 Å². The zero-order chi connectivity index (χ0) is 18.4. The van der Waals surface area contributed by atoms with E-state index in [2.05, 4.69) is 5.32 Å². The molecule has 0 aliphatic rings. The molecule has 4 nitrogen and oxygen atoms in total. The van der Waals surface area contributed by atoms with Gasteiger partial charge < -0.3 is 14.8 Å². The quantitative estimate of drug-likeness (QED) is 0.637. The minimum Gasteiger partial charge on any atom is -0.497 e. The van der Waals surface area contributed by atoms with Crippen LogP contribution in [0.15, 0.2) is 72.8 Å². The Morgan fingerprint density at radius 3 is 2.35 bits per heavy atom. The number of carbonyl (C=O) groups is 1. The maximum absolute atomic E-state index is 12.8. The third kappa shape index (κ3) is 3.86. The third-order valence-corrected chi connectivity index (χ3v) is 4.17. The number of anilines is 1. The third-order valence-electron chi connectivity index (χ3n) is 4.17. The van der Waals surface area contributed by atoms with Gasteiger partial charge in [-0.25, -0.2) is 0 Å². The van der Waals surface area contributed by atoms with Gasteiger partial charge in [0.1, 0.15) is 11.5 Å². The van der Waals surface area contributed by atoms with Crippen molar-refractivity contribution in [1.82, 2.24) is 0 Å². The minimum atomic E-state index is -0.00426. The summed E-state index contributed by atoms with van der Waals surface area (Å²) in [5.74, 6) is 1.48. The predicted octanol–water partition coefficient (Wildman–Crippen LogP) is 4.55. The van der Waals surface area contributed by atoms with Gasteiger partial charge in [0, 0.05) is 35.0 Å². The number of hydrogen-bond donors (Lipinski definition) is 1. The molecule has 3 rings (SSSR count). The fourth-order valence-electron chi connectivity index (χ4n) is 2.77. The van der Waals surface area contributed by atoms with Gasteiger partial charge in [-0.2, -0.15) is 0 Å². The molecule has 4 heteroatoms. The molecule has 0 bridgehead atoms. The number of benzene rings is 3. The van der Waals surface area contributed by atoms with Crippen molar-refractivity contribution >= 4 is 11.5 Å². The summed E-state index contributed by atoms with van der Waals surface area (Å²) in [5.41, 5.74) is 3.09. The lowest BCUT2D eigenvalue weighted by molar-refractivity contribution is 0.103. The minimum absolute atomic E-state index is 0.00426. The van der Waals surface area contributed by atoms with E-state index in [1.807, 2.05) is 72.8 Å². The molecule has 0 amide bonds. The molecule has 0 spiro atoms. The highest BCUT2D eigenvalue weighted by molar-refractivity contribution is 6.12. The Morgan fingerprint density at radius 1 is 0.885 bits per heavy atom. The second-order valence-corrected chi connectivity index (χ2v) is 5.77. The van der Waals surface area contributed by atoms with Crippen LogP contribution in [0.3, 0.4) is 0 Å². The number of rotatable bonds is 7. The second-order valence-electron chi connectivity index (χ2n) is 5.77. The van der Waals surface area contributed by atoms with Crippen molar-refractivity contribution in [2.45, 2.75) is 6.54 Å². The molecule has 132 valence electrons. The van der Waals surface area contributed by atoms with Gasteiger partial charge in [-0.15, -0.1) is 0 Å². The highest BCUT2D eigenvalue weighted by atomic mass is 16.5. The van der Waals surface area contributed by atoms with Gasteiger partial charge in [0.05, 0.1) is 14.2 Å². The fourth-order valence-corrected chi connectivity index (χ4v) is 2.77. The number of para-hydroxylation sites is 1. The smallest absolute Gasteiger partial charge is 0.195 e. The van der Waals surface area contributed by atoms with Crippen LogP contribution < -0.4 is 14.8 Å². The molecule has 0 aromatic heterocycles. The van der Waals surface area contributed by atoms with Gasteiger partial charge in [0.25, 0.3) is 0 Å². The molecular formula is C22H21NO3. The van der Waals surface area contributed by atoms with E-state index in [0.717, 1.165) is 22.7 Å². The Balaban J connectivity index is 1.83. The first-order valence-electron chi connectivity index (χ1n) is 8.36. The maximum Gasteiger partial charge on any atom is 0.195 e. The van der Waals surface area contributed by atoms with Crippen molar-refractivity contribution in [3.63, 3.8) is 0 Å². The van der Waals surface area contributed by atoms with E-state index in [1.165, 1.54) is 0 Å². The Bertz CT molecular complexity index is 891. The molecule has 0 unspecified atom stereocenters. The summed E-state index contributed by atoms with van der Waals surface area (Å²) in [6, 6.07) is 22.5. The van der Waals surface area contributed by atoms with Crippen molar-refractivity contribution in [1.29, 1.82) is 0 Å². The van der Waals surface area contributed by atoms with Crippen LogP contribution in [0.1, 0.15) is 21.5 Å². The molecule has 1 N–H and O–H groups in total. The van der Waals surface area contributed by atoms with Crippen molar-refractivity contribution in [2.75, 3.05) is 19.5 Å². The van der Waals surface area contributed by atoms with E-state index in [0.29, 0.717) is 17.7 Å². The van der Waals surface area contributed by atoms with Gasteiger partial charge in [-0.3, -0.25) is 4.79 Å². The summed E-state index contributed by atoms with van der Waals surface area (Å²) in [6.07, 6.45) is 0. The van der Waals surface area contributed by atoms with Crippen molar-refractivity contribution in [2.24, 2.45) is 0 Å². The van der Waals surface area contributed by atoms with Gasteiger partial charge >= 0.3 is 0 Å². The SMILES string of the molecule is COc1ccc(CNc2ccccc2C(=O)c2ccccc2)c(OC)c1. The lowest BCUT2D eigenvalue weighted by Crippen LogP contribution is -2.08. The van der Waals surface area contributed by atoms with Crippen LogP contribution in [0.25, 0.3) is 0 Å². The molecule has 26 heavy (non-hydrogen) atoms. The zero-order valence-corrected chi connectivity index (χ0v) is 14.9. The van der Waals surface area contributed by atoms with Crippen LogP contribution in [0, 0.1) is 0 Å². The van der Waals surface area contributed by atoms with E-state index < -0.39 is 0 Å².